The Hall–Kier alpha value is -3.27. The number of carbonyl (C=O) groups excluding carboxylic acids is 1. The number of methoxy groups -OCH3 is 1. The number of hydrogen-bond acceptors (Lipinski definition) is 7. The normalized spacial score (nSPS) is 15.0. The molecule has 2 aromatic heterocycles. The predicted octanol–water partition coefficient (Wildman–Crippen LogP) is 3.18. The van der Waals surface area contributed by atoms with Gasteiger partial charge in [-0.1, -0.05) is 26.0 Å². The van der Waals surface area contributed by atoms with Crippen LogP contribution in [0.4, 0.5) is 17.5 Å². The van der Waals surface area contributed by atoms with E-state index in [1.165, 1.54) is 0 Å². The summed E-state index contributed by atoms with van der Waals surface area (Å²) in [4.78, 5) is 23.6. The largest absolute Gasteiger partial charge is 0.497 e. The molecule has 3 heterocycles. The van der Waals surface area contributed by atoms with Gasteiger partial charge in [0.05, 0.1) is 25.5 Å². The number of anilines is 3. The summed E-state index contributed by atoms with van der Waals surface area (Å²) in [6.07, 6.45) is 3.84. The number of carbonyl (C=O) groups is 1. The van der Waals surface area contributed by atoms with Crippen LogP contribution in [0.5, 0.6) is 5.75 Å². The molecule has 0 bridgehead atoms. The molecule has 4 rings (SSSR count). The second kappa shape index (κ2) is 10.1. The number of fused-ring (bicyclic) bond motifs is 1. The molecule has 0 spiro atoms. The molecule has 1 aromatic carbocycles. The lowest BCUT2D eigenvalue weighted by Crippen LogP contribution is -2.49. The lowest BCUT2D eigenvalue weighted by atomic mass is 9.99. The highest BCUT2D eigenvalue weighted by Crippen LogP contribution is 2.34. The maximum atomic E-state index is 12.5. The maximum absolute atomic E-state index is 12.5. The molecule has 0 saturated heterocycles. The molecule has 0 radical (unpaired) electrons. The lowest BCUT2D eigenvalue weighted by molar-refractivity contribution is -0.118. The first-order valence-corrected chi connectivity index (χ1v) is 10.7. The Balaban J connectivity index is 0.00000306. The number of likely N-dealkylation sites (N-methyl/N-ethyl adjacent to an activating group) is 1. The SMILES string of the molecule is COc1ccc(Cn2cc(CNc3nc(C)c4c(n3)N(C)[C@@H](C(C)C)C(=O)N4)cn2)cc1.S. The molecule has 2 N–H and O–H groups in total. The number of amides is 1. The van der Waals surface area contributed by atoms with Gasteiger partial charge in [-0.2, -0.15) is 23.6 Å². The molecule has 0 aliphatic carbocycles. The number of aromatic nitrogens is 4. The van der Waals surface area contributed by atoms with Crippen molar-refractivity contribution in [2.45, 2.75) is 39.9 Å². The van der Waals surface area contributed by atoms with Gasteiger partial charge in [0.15, 0.2) is 5.82 Å². The molecule has 0 unspecified atom stereocenters. The van der Waals surface area contributed by atoms with Gasteiger partial charge in [-0.3, -0.25) is 9.48 Å². The van der Waals surface area contributed by atoms with Gasteiger partial charge in [0.1, 0.15) is 17.5 Å². The topological polar surface area (TPSA) is 97.2 Å². The van der Waals surface area contributed by atoms with Gasteiger partial charge in [-0.05, 0) is 30.5 Å². The smallest absolute Gasteiger partial charge is 0.247 e. The van der Waals surface area contributed by atoms with Crippen molar-refractivity contribution in [1.82, 2.24) is 19.7 Å². The molecule has 3 aromatic rings. The number of nitrogens with one attached hydrogen (secondary N) is 2. The van der Waals surface area contributed by atoms with Crippen LogP contribution in [-0.2, 0) is 17.9 Å². The average Bonchev–Trinajstić information content (AvgIpc) is 3.21. The first-order valence-electron chi connectivity index (χ1n) is 10.7. The van der Waals surface area contributed by atoms with Crippen molar-refractivity contribution in [1.29, 1.82) is 0 Å². The Morgan fingerprint density at radius 1 is 1.18 bits per heavy atom. The zero-order valence-corrected chi connectivity index (χ0v) is 20.6. The molecule has 9 nitrogen and oxygen atoms in total. The highest BCUT2D eigenvalue weighted by Gasteiger charge is 2.35. The van der Waals surface area contributed by atoms with Gasteiger partial charge in [0, 0.05) is 25.4 Å². The third-order valence-corrected chi connectivity index (χ3v) is 5.61. The fraction of sp³-hybridized carbons (Fsp3) is 0.391. The minimum Gasteiger partial charge on any atom is -0.497 e. The van der Waals surface area contributed by atoms with Crippen LogP contribution in [0.15, 0.2) is 36.7 Å². The monoisotopic (exact) mass is 469 g/mol. The van der Waals surface area contributed by atoms with E-state index in [4.69, 9.17) is 4.74 Å². The van der Waals surface area contributed by atoms with E-state index in [0.717, 1.165) is 28.4 Å². The first-order chi connectivity index (χ1) is 15.4. The van der Waals surface area contributed by atoms with Crippen LogP contribution in [-0.4, -0.2) is 45.9 Å². The van der Waals surface area contributed by atoms with E-state index < -0.39 is 0 Å². The predicted molar refractivity (Wildman–Crippen MR) is 134 cm³/mol. The Morgan fingerprint density at radius 3 is 2.58 bits per heavy atom. The minimum atomic E-state index is -0.263. The molecular formula is C23H31N7O2S. The van der Waals surface area contributed by atoms with E-state index in [0.29, 0.717) is 24.7 Å². The Bertz CT molecular complexity index is 1110. The molecule has 1 atom stereocenters. The Morgan fingerprint density at radius 2 is 1.91 bits per heavy atom. The van der Waals surface area contributed by atoms with Crippen LogP contribution in [0.1, 0.15) is 30.7 Å². The summed E-state index contributed by atoms with van der Waals surface area (Å²) in [7, 11) is 3.56. The highest BCUT2D eigenvalue weighted by atomic mass is 32.1. The molecule has 10 heteroatoms. The van der Waals surface area contributed by atoms with Crippen molar-refractivity contribution >= 4 is 36.9 Å². The zero-order valence-electron chi connectivity index (χ0n) is 19.6. The third-order valence-electron chi connectivity index (χ3n) is 5.61. The van der Waals surface area contributed by atoms with E-state index in [-0.39, 0.29) is 31.4 Å². The van der Waals surface area contributed by atoms with Gasteiger partial charge in [0.25, 0.3) is 0 Å². The van der Waals surface area contributed by atoms with E-state index in [1.54, 1.807) is 7.11 Å². The first kappa shape index (κ1) is 24.4. The maximum Gasteiger partial charge on any atom is 0.247 e. The summed E-state index contributed by atoms with van der Waals surface area (Å²) in [5.41, 5.74) is 3.58. The molecule has 1 amide bonds. The van der Waals surface area contributed by atoms with Crippen molar-refractivity contribution in [3.05, 3.63) is 53.5 Å². The molecule has 176 valence electrons. The minimum absolute atomic E-state index is 0. The molecule has 1 aliphatic rings. The van der Waals surface area contributed by atoms with E-state index in [9.17, 15) is 4.79 Å². The number of ether oxygens (including phenoxy) is 1. The van der Waals surface area contributed by atoms with Crippen LogP contribution in [0.3, 0.4) is 0 Å². The van der Waals surface area contributed by atoms with Crippen molar-refractivity contribution < 1.29 is 9.53 Å². The summed E-state index contributed by atoms with van der Waals surface area (Å²) in [5.74, 6) is 2.23. The van der Waals surface area contributed by atoms with Crippen LogP contribution >= 0.6 is 13.5 Å². The molecule has 1 aliphatic heterocycles. The molecule has 0 fully saturated rings. The quantitative estimate of drug-likeness (QED) is 0.548. The van der Waals surface area contributed by atoms with Crippen LogP contribution in [0, 0.1) is 12.8 Å². The van der Waals surface area contributed by atoms with Gasteiger partial charge < -0.3 is 20.3 Å². The summed E-state index contributed by atoms with van der Waals surface area (Å²) in [5, 5.41) is 10.7. The van der Waals surface area contributed by atoms with Gasteiger partial charge >= 0.3 is 0 Å². The number of nitrogens with zero attached hydrogens (tertiary/aromatic N) is 5. The Labute approximate surface area is 201 Å². The van der Waals surface area contributed by atoms with E-state index >= 15 is 0 Å². The number of aryl methyl sites for hydroxylation is 1. The van der Waals surface area contributed by atoms with Crippen molar-refractivity contribution in [3.63, 3.8) is 0 Å². The van der Waals surface area contributed by atoms with Gasteiger partial charge in [-0.15, -0.1) is 0 Å². The second-order valence-electron chi connectivity index (χ2n) is 8.37. The number of rotatable bonds is 7. The summed E-state index contributed by atoms with van der Waals surface area (Å²) in [6.45, 7) is 7.16. The summed E-state index contributed by atoms with van der Waals surface area (Å²) >= 11 is 0. The van der Waals surface area contributed by atoms with Crippen molar-refractivity contribution in [2.75, 3.05) is 29.7 Å². The lowest BCUT2D eigenvalue weighted by Gasteiger charge is -2.36. The average molecular weight is 470 g/mol. The van der Waals surface area contributed by atoms with Crippen LogP contribution < -0.4 is 20.3 Å². The van der Waals surface area contributed by atoms with E-state index in [2.05, 4.69) is 25.7 Å². The number of hydrogen-bond donors (Lipinski definition) is 2. The van der Waals surface area contributed by atoms with Crippen molar-refractivity contribution in [3.8, 4) is 5.75 Å². The van der Waals surface area contributed by atoms with Crippen LogP contribution in [0.2, 0.25) is 0 Å². The van der Waals surface area contributed by atoms with Crippen LogP contribution in [0.25, 0.3) is 0 Å². The number of benzene rings is 1. The van der Waals surface area contributed by atoms with E-state index in [1.807, 2.05) is 74.1 Å². The van der Waals surface area contributed by atoms with Gasteiger partial charge in [-0.25, -0.2) is 4.98 Å². The fourth-order valence-electron chi connectivity index (χ4n) is 3.98. The Kier molecular flexibility index (Phi) is 7.47. The highest BCUT2D eigenvalue weighted by molar-refractivity contribution is 7.59. The third kappa shape index (κ3) is 5.22. The second-order valence-corrected chi connectivity index (χ2v) is 8.37. The molecule has 0 saturated carbocycles. The molecule has 33 heavy (non-hydrogen) atoms. The zero-order chi connectivity index (χ0) is 22.8. The molecular weight excluding hydrogens is 438 g/mol. The fourth-order valence-corrected chi connectivity index (χ4v) is 3.98. The standard InChI is InChI=1S/C23H29N7O2.H2S/c1-14(2)20-22(31)27-19-15(3)26-23(28-21(19)29(20)4)24-10-17-11-25-30(13-17)12-16-6-8-18(32-5)9-7-16;/h6-9,11,13-14,20H,10,12H2,1-5H3,(H,27,31)(H,24,26,28);1H2/t20-;/m0./s1. The van der Waals surface area contributed by atoms with Gasteiger partial charge in [0.2, 0.25) is 11.9 Å². The summed E-state index contributed by atoms with van der Waals surface area (Å²) < 4.78 is 7.10. The summed E-state index contributed by atoms with van der Waals surface area (Å²) in [6, 6.07) is 7.69. The van der Waals surface area contributed by atoms with Crippen molar-refractivity contribution in [2.24, 2.45) is 5.92 Å².